The molecule has 1 unspecified atom stereocenters. The Morgan fingerprint density at radius 3 is 2.69 bits per heavy atom. The van der Waals surface area contributed by atoms with E-state index in [0.717, 1.165) is 0 Å². The second-order valence-electron chi connectivity index (χ2n) is 3.19. The highest BCUT2D eigenvalue weighted by Gasteiger charge is 2.14. The minimum absolute atomic E-state index is 0.188. The van der Waals surface area contributed by atoms with Crippen molar-refractivity contribution in [3.05, 3.63) is 28.8 Å². The number of esters is 1. The molecule has 0 aliphatic heterocycles. The summed E-state index contributed by atoms with van der Waals surface area (Å²) in [4.78, 5) is 11.3. The minimum Gasteiger partial charge on any atom is -0.772 e. The number of ether oxygens (including phenoxy) is 1. The molecule has 0 aliphatic carbocycles. The molecule has 1 rings (SSSR count). The van der Waals surface area contributed by atoms with E-state index in [1.54, 1.807) is 0 Å². The van der Waals surface area contributed by atoms with E-state index in [9.17, 15) is 18.7 Å². The van der Waals surface area contributed by atoms with Crippen LogP contribution in [0, 0.1) is 6.92 Å². The molecule has 1 N–H and O–H groups in total. The number of hydrogen-bond donors (Lipinski definition) is 1. The zero-order chi connectivity index (χ0) is 12.3. The van der Waals surface area contributed by atoms with E-state index in [-0.39, 0.29) is 22.6 Å². The number of carbonyl (C=O) groups excluding carboxylic acids is 1. The molecule has 1 aromatic carbocycles. The van der Waals surface area contributed by atoms with Crippen LogP contribution in [0.15, 0.2) is 12.1 Å². The van der Waals surface area contributed by atoms with Crippen molar-refractivity contribution in [3.8, 4) is 5.75 Å². The number of phenolic OH excluding ortho intramolecular Hbond substituents is 1. The number of methoxy groups -OCH3 is 1. The van der Waals surface area contributed by atoms with E-state index in [0.29, 0.717) is 5.56 Å². The van der Waals surface area contributed by atoms with Crippen LogP contribution >= 0.6 is 0 Å². The SMILES string of the molecule is COC(=O)c1ccc(CS(=O)[O-])c(O)c1C. The number of aromatic hydroxyl groups is 1. The average Bonchev–Trinajstić information content (AvgIpc) is 2.23. The molecular formula is C10H11O5S-. The molecular weight excluding hydrogens is 232 g/mol. The van der Waals surface area contributed by atoms with Gasteiger partial charge in [0.05, 0.1) is 12.7 Å². The van der Waals surface area contributed by atoms with Crippen molar-refractivity contribution in [1.82, 2.24) is 0 Å². The fourth-order valence-electron chi connectivity index (χ4n) is 1.33. The molecule has 6 heteroatoms. The van der Waals surface area contributed by atoms with Gasteiger partial charge in [-0.05, 0) is 13.0 Å². The average molecular weight is 243 g/mol. The van der Waals surface area contributed by atoms with Gasteiger partial charge in [-0.3, -0.25) is 4.21 Å². The fraction of sp³-hybridized carbons (Fsp3) is 0.300. The van der Waals surface area contributed by atoms with Gasteiger partial charge in [0.1, 0.15) is 5.75 Å². The van der Waals surface area contributed by atoms with Crippen LogP contribution < -0.4 is 0 Å². The molecule has 1 atom stereocenters. The molecule has 0 spiro atoms. The molecule has 0 radical (unpaired) electrons. The van der Waals surface area contributed by atoms with E-state index in [1.807, 2.05) is 0 Å². The Labute approximate surface area is 95.3 Å². The Kier molecular flexibility index (Phi) is 4.03. The van der Waals surface area contributed by atoms with Crippen molar-refractivity contribution in [2.75, 3.05) is 7.11 Å². The monoisotopic (exact) mass is 243 g/mol. The summed E-state index contributed by atoms with van der Waals surface area (Å²) in [6.07, 6.45) is 0. The molecule has 0 saturated carbocycles. The normalized spacial score (nSPS) is 12.2. The van der Waals surface area contributed by atoms with Crippen LogP contribution in [0.25, 0.3) is 0 Å². The zero-order valence-electron chi connectivity index (χ0n) is 8.85. The summed E-state index contributed by atoms with van der Waals surface area (Å²) in [5.41, 5.74) is 0.800. The lowest BCUT2D eigenvalue weighted by atomic mass is 10.0. The van der Waals surface area contributed by atoms with E-state index in [4.69, 9.17) is 0 Å². The maximum absolute atomic E-state index is 11.3. The second-order valence-corrected chi connectivity index (χ2v) is 4.08. The number of rotatable bonds is 3. The lowest BCUT2D eigenvalue weighted by Crippen LogP contribution is -2.05. The third-order valence-electron chi connectivity index (χ3n) is 2.19. The summed E-state index contributed by atoms with van der Waals surface area (Å²) in [6, 6.07) is 2.83. The molecule has 88 valence electrons. The van der Waals surface area contributed by atoms with E-state index < -0.39 is 17.0 Å². The summed E-state index contributed by atoms with van der Waals surface area (Å²) >= 11 is -2.28. The quantitative estimate of drug-likeness (QED) is 0.628. The van der Waals surface area contributed by atoms with Crippen LogP contribution in [0.4, 0.5) is 0 Å². The van der Waals surface area contributed by atoms with Crippen LogP contribution in [0.3, 0.4) is 0 Å². The van der Waals surface area contributed by atoms with Crippen molar-refractivity contribution in [2.24, 2.45) is 0 Å². The number of benzene rings is 1. The van der Waals surface area contributed by atoms with Crippen LogP contribution in [-0.4, -0.2) is 26.9 Å². The van der Waals surface area contributed by atoms with Gasteiger partial charge in [0.2, 0.25) is 0 Å². The smallest absolute Gasteiger partial charge is 0.338 e. The first-order valence-corrected chi connectivity index (χ1v) is 5.67. The van der Waals surface area contributed by atoms with Gasteiger partial charge in [-0.25, -0.2) is 4.79 Å². The number of phenols is 1. The first-order chi connectivity index (χ1) is 7.47. The van der Waals surface area contributed by atoms with Crippen LogP contribution in [0.5, 0.6) is 5.75 Å². The molecule has 1 aromatic rings. The molecule has 0 aliphatic rings. The number of hydrogen-bond acceptors (Lipinski definition) is 5. The molecule has 0 bridgehead atoms. The van der Waals surface area contributed by atoms with Gasteiger partial charge in [0, 0.05) is 16.9 Å². The first-order valence-electron chi connectivity index (χ1n) is 4.43. The summed E-state index contributed by atoms with van der Waals surface area (Å²) in [7, 11) is 1.24. The largest absolute Gasteiger partial charge is 0.772 e. The van der Waals surface area contributed by atoms with Gasteiger partial charge in [-0.15, -0.1) is 0 Å². The lowest BCUT2D eigenvalue weighted by molar-refractivity contribution is 0.0599. The molecule has 0 heterocycles. The third kappa shape index (κ3) is 2.59. The van der Waals surface area contributed by atoms with E-state index in [2.05, 4.69) is 4.74 Å². The maximum atomic E-state index is 11.3. The Morgan fingerprint density at radius 1 is 1.56 bits per heavy atom. The van der Waals surface area contributed by atoms with Crippen molar-refractivity contribution < 1.29 is 23.4 Å². The Bertz CT molecular complexity index is 441. The van der Waals surface area contributed by atoms with Crippen LogP contribution in [0.1, 0.15) is 21.5 Å². The summed E-state index contributed by atoms with van der Waals surface area (Å²) in [5.74, 6) is -1.04. The van der Waals surface area contributed by atoms with Gasteiger partial charge in [-0.1, -0.05) is 17.1 Å². The Hall–Kier alpha value is -1.40. The van der Waals surface area contributed by atoms with Crippen LogP contribution in [0.2, 0.25) is 0 Å². The van der Waals surface area contributed by atoms with Crippen molar-refractivity contribution in [3.63, 3.8) is 0 Å². The fourth-order valence-corrected chi connectivity index (χ4v) is 1.82. The van der Waals surface area contributed by atoms with E-state index >= 15 is 0 Å². The van der Waals surface area contributed by atoms with E-state index in [1.165, 1.54) is 26.2 Å². The molecule has 0 amide bonds. The highest BCUT2D eigenvalue weighted by Crippen LogP contribution is 2.26. The van der Waals surface area contributed by atoms with Crippen LogP contribution in [-0.2, 0) is 21.6 Å². The Morgan fingerprint density at radius 2 is 2.19 bits per heavy atom. The predicted octanol–water partition coefficient (Wildman–Crippen LogP) is 0.866. The summed E-state index contributed by atoms with van der Waals surface area (Å²) in [6.45, 7) is 1.53. The molecule has 5 nitrogen and oxygen atoms in total. The molecule has 0 saturated heterocycles. The molecule has 0 fully saturated rings. The summed E-state index contributed by atoms with van der Waals surface area (Å²) < 4.78 is 25.5. The minimum atomic E-state index is -2.28. The van der Waals surface area contributed by atoms with Gasteiger partial charge in [0.25, 0.3) is 0 Å². The zero-order valence-corrected chi connectivity index (χ0v) is 9.67. The molecule has 0 aromatic heterocycles. The first kappa shape index (κ1) is 12.7. The van der Waals surface area contributed by atoms with Crippen molar-refractivity contribution in [1.29, 1.82) is 0 Å². The van der Waals surface area contributed by atoms with Gasteiger partial charge in [-0.2, -0.15) is 0 Å². The third-order valence-corrected chi connectivity index (χ3v) is 2.74. The van der Waals surface area contributed by atoms with Crippen molar-refractivity contribution in [2.45, 2.75) is 12.7 Å². The topological polar surface area (TPSA) is 86.7 Å². The summed E-state index contributed by atoms with van der Waals surface area (Å²) in [5, 5.41) is 9.69. The lowest BCUT2D eigenvalue weighted by Gasteiger charge is -2.11. The van der Waals surface area contributed by atoms with Gasteiger partial charge < -0.3 is 14.4 Å². The second kappa shape index (κ2) is 5.09. The van der Waals surface area contributed by atoms with Gasteiger partial charge in [0.15, 0.2) is 0 Å². The maximum Gasteiger partial charge on any atom is 0.338 e. The van der Waals surface area contributed by atoms with Gasteiger partial charge >= 0.3 is 5.97 Å². The van der Waals surface area contributed by atoms with Crippen molar-refractivity contribution >= 4 is 17.0 Å². The molecule has 16 heavy (non-hydrogen) atoms. The highest BCUT2D eigenvalue weighted by atomic mass is 32.2. The Balaban J connectivity index is 3.17. The number of carbonyl (C=O) groups is 1. The highest BCUT2D eigenvalue weighted by molar-refractivity contribution is 7.78. The standard InChI is InChI=1S/C10H12O5S/c1-6-8(10(12)15-2)4-3-7(9(6)11)5-16(13)14/h3-4,11H,5H2,1-2H3,(H,13,14)/p-1. The predicted molar refractivity (Wildman–Crippen MR) is 56.8 cm³/mol.